The maximum atomic E-state index is 4.21. The van der Waals surface area contributed by atoms with Gasteiger partial charge in [0.2, 0.25) is 0 Å². The van der Waals surface area contributed by atoms with Gasteiger partial charge < -0.3 is 4.98 Å². The molecule has 62 valence electrons. The summed E-state index contributed by atoms with van der Waals surface area (Å²) in [6.07, 6.45) is 4.74. The Morgan fingerprint density at radius 3 is 2.73 bits per heavy atom. The van der Waals surface area contributed by atoms with E-state index < -0.39 is 0 Å². The summed E-state index contributed by atoms with van der Waals surface area (Å²) in [5.74, 6) is 1.05. The van der Waals surface area contributed by atoms with Gasteiger partial charge in [-0.2, -0.15) is 0 Å². The minimum atomic E-state index is 0.421. The van der Waals surface area contributed by atoms with Crippen LogP contribution in [0.3, 0.4) is 0 Å². The fourth-order valence-electron chi connectivity index (χ4n) is 1.26. The van der Waals surface area contributed by atoms with Crippen LogP contribution in [0.2, 0.25) is 0 Å². The highest BCUT2D eigenvalue weighted by Gasteiger charge is 2.12. The Hall–Kier alpha value is -0.830. The molecule has 1 atom stereocenters. The second-order valence-corrected chi connectivity index (χ2v) is 2.86. The third kappa shape index (κ3) is 1.80. The van der Waals surface area contributed by atoms with Crippen LogP contribution >= 0.6 is 0 Å². The Kier molecular flexibility index (Phi) is 2.65. The van der Waals surface area contributed by atoms with Gasteiger partial charge in [-0.3, -0.25) is 4.90 Å². The molecule has 0 bridgehead atoms. The van der Waals surface area contributed by atoms with E-state index in [4.69, 9.17) is 0 Å². The summed E-state index contributed by atoms with van der Waals surface area (Å²) < 4.78 is 0. The summed E-state index contributed by atoms with van der Waals surface area (Å²) in [6.45, 7) is 2.16. The molecular weight excluding hydrogens is 138 g/mol. The normalized spacial score (nSPS) is 13.8. The number of aromatic nitrogens is 2. The molecule has 3 nitrogen and oxygen atoms in total. The molecule has 0 aliphatic rings. The van der Waals surface area contributed by atoms with Crippen LogP contribution in [-0.4, -0.2) is 29.0 Å². The van der Waals surface area contributed by atoms with Crippen molar-refractivity contribution in [3.63, 3.8) is 0 Å². The summed E-state index contributed by atoms with van der Waals surface area (Å²) in [5.41, 5.74) is 0. The van der Waals surface area contributed by atoms with Crippen molar-refractivity contribution in [2.75, 3.05) is 14.1 Å². The third-order valence-corrected chi connectivity index (χ3v) is 1.85. The number of rotatable bonds is 3. The largest absolute Gasteiger partial charge is 0.347 e. The van der Waals surface area contributed by atoms with Crippen molar-refractivity contribution >= 4 is 0 Å². The van der Waals surface area contributed by atoms with Crippen LogP contribution in [0.15, 0.2) is 12.4 Å². The van der Waals surface area contributed by atoms with Gasteiger partial charge in [-0.05, 0) is 20.5 Å². The van der Waals surface area contributed by atoms with Crippen molar-refractivity contribution in [3.8, 4) is 0 Å². The highest BCUT2D eigenvalue weighted by atomic mass is 15.1. The summed E-state index contributed by atoms with van der Waals surface area (Å²) in [5, 5.41) is 0. The number of hydrogen-bond acceptors (Lipinski definition) is 2. The van der Waals surface area contributed by atoms with Crippen molar-refractivity contribution in [3.05, 3.63) is 18.2 Å². The van der Waals surface area contributed by atoms with Crippen LogP contribution in [0.5, 0.6) is 0 Å². The maximum absolute atomic E-state index is 4.21. The third-order valence-electron chi connectivity index (χ3n) is 1.85. The predicted molar refractivity (Wildman–Crippen MR) is 45.3 cm³/mol. The van der Waals surface area contributed by atoms with Gasteiger partial charge in [0.25, 0.3) is 0 Å². The molecule has 0 amide bonds. The van der Waals surface area contributed by atoms with Gasteiger partial charge in [-0.15, -0.1) is 0 Å². The lowest BCUT2D eigenvalue weighted by atomic mass is 10.2. The molecule has 1 unspecified atom stereocenters. The zero-order valence-corrected chi connectivity index (χ0v) is 7.33. The lowest BCUT2D eigenvalue weighted by Crippen LogP contribution is -2.20. The number of hydrogen-bond donors (Lipinski definition) is 1. The van der Waals surface area contributed by atoms with E-state index in [9.17, 15) is 0 Å². The number of aromatic amines is 1. The van der Waals surface area contributed by atoms with E-state index in [1.54, 1.807) is 6.20 Å². The second kappa shape index (κ2) is 3.53. The minimum absolute atomic E-state index is 0.421. The molecule has 0 aliphatic carbocycles. The van der Waals surface area contributed by atoms with Crippen LogP contribution in [-0.2, 0) is 0 Å². The van der Waals surface area contributed by atoms with Crippen LogP contribution in [0, 0.1) is 0 Å². The van der Waals surface area contributed by atoms with E-state index in [0.717, 1.165) is 12.2 Å². The minimum Gasteiger partial charge on any atom is -0.347 e. The van der Waals surface area contributed by atoms with Crippen LogP contribution in [0.1, 0.15) is 25.2 Å². The molecule has 0 aliphatic heterocycles. The lowest BCUT2D eigenvalue weighted by molar-refractivity contribution is 0.281. The average Bonchev–Trinajstić information content (AvgIpc) is 2.40. The molecule has 11 heavy (non-hydrogen) atoms. The molecule has 1 heterocycles. The van der Waals surface area contributed by atoms with Gasteiger partial charge in [0.15, 0.2) is 0 Å². The van der Waals surface area contributed by atoms with Crippen LogP contribution < -0.4 is 0 Å². The van der Waals surface area contributed by atoms with Gasteiger partial charge in [0, 0.05) is 12.4 Å². The molecule has 1 aromatic rings. The van der Waals surface area contributed by atoms with E-state index in [-0.39, 0.29) is 0 Å². The number of nitrogens with one attached hydrogen (secondary N) is 1. The summed E-state index contributed by atoms with van der Waals surface area (Å²) in [7, 11) is 4.13. The maximum Gasteiger partial charge on any atom is 0.123 e. The number of nitrogens with zero attached hydrogens (tertiary/aromatic N) is 2. The first-order chi connectivity index (χ1) is 5.25. The van der Waals surface area contributed by atoms with E-state index in [1.165, 1.54) is 0 Å². The first-order valence-corrected chi connectivity index (χ1v) is 3.91. The van der Waals surface area contributed by atoms with Gasteiger partial charge in [-0.1, -0.05) is 6.92 Å². The fraction of sp³-hybridized carbons (Fsp3) is 0.625. The van der Waals surface area contributed by atoms with Crippen molar-refractivity contribution in [1.82, 2.24) is 14.9 Å². The molecule has 0 saturated carbocycles. The topological polar surface area (TPSA) is 31.9 Å². The standard InChI is InChI=1S/C8H15N3/c1-4-7(11(2)3)8-9-5-6-10-8/h5-7H,4H2,1-3H3,(H,9,10). The predicted octanol–water partition coefficient (Wildman–Crippen LogP) is 1.42. The average molecular weight is 153 g/mol. The SMILES string of the molecule is CCC(c1ncc[nH]1)N(C)C. The molecule has 0 aromatic carbocycles. The van der Waals surface area contributed by atoms with Gasteiger partial charge >= 0.3 is 0 Å². The molecular formula is C8H15N3. The highest BCUT2D eigenvalue weighted by Crippen LogP contribution is 2.16. The Morgan fingerprint density at radius 1 is 1.64 bits per heavy atom. The monoisotopic (exact) mass is 153 g/mol. The zero-order valence-electron chi connectivity index (χ0n) is 7.33. The van der Waals surface area contributed by atoms with E-state index in [2.05, 4.69) is 35.9 Å². The molecule has 0 saturated heterocycles. The molecule has 3 heteroatoms. The van der Waals surface area contributed by atoms with Gasteiger partial charge in [0.05, 0.1) is 6.04 Å². The van der Waals surface area contributed by atoms with E-state index in [0.29, 0.717) is 6.04 Å². The lowest BCUT2D eigenvalue weighted by Gasteiger charge is -2.20. The Labute approximate surface area is 67.4 Å². The molecule has 0 spiro atoms. The molecule has 0 fully saturated rings. The van der Waals surface area contributed by atoms with Crippen molar-refractivity contribution in [2.24, 2.45) is 0 Å². The van der Waals surface area contributed by atoms with Crippen molar-refractivity contribution < 1.29 is 0 Å². The van der Waals surface area contributed by atoms with Crippen LogP contribution in [0.25, 0.3) is 0 Å². The Bertz CT molecular complexity index is 191. The van der Waals surface area contributed by atoms with Gasteiger partial charge in [-0.25, -0.2) is 4.98 Å². The molecule has 1 N–H and O–H groups in total. The Morgan fingerprint density at radius 2 is 2.36 bits per heavy atom. The molecule has 1 aromatic heterocycles. The quantitative estimate of drug-likeness (QED) is 0.712. The molecule has 1 rings (SSSR count). The number of imidazole rings is 1. The van der Waals surface area contributed by atoms with Crippen molar-refractivity contribution in [2.45, 2.75) is 19.4 Å². The fourth-order valence-corrected chi connectivity index (χ4v) is 1.26. The highest BCUT2D eigenvalue weighted by molar-refractivity contribution is 4.94. The first-order valence-electron chi connectivity index (χ1n) is 3.91. The van der Waals surface area contributed by atoms with Crippen LogP contribution in [0.4, 0.5) is 0 Å². The second-order valence-electron chi connectivity index (χ2n) is 2.86. The number of H-pyrrole nitrogens is 1. The van der Waals surface area contributed by atoms with Crippen molar-refractivity contribution in [1.29, 1.82) is 0 Å². The van der Waals surface area contributed by atoms with Gasteiger partial charge in [0.1, 0.15) is 5.82 Å². The smallest absolute Gasteiger partial charge is 0.123 e. The van der Waals surface area contributed by atoms with E-state index >= 15 is 0 Å². The summed E-state index contributed by atoms with van der Waals surface area (Å²) >= 11 is 0. The summed E-state index contributed by atoms with van der Waals surface area (Å²) in [4.78, 5) is 9.49. The van der Waals surface area contributed by atoms with E-state index in [1.807, 2.05) is 6.20 Å². The molecule has 0 radical (unpaired) electrons. The first kappa shape index (κ1) is 8.27. The summed E-state index contributed by atoms with van der Waals surface area (Å²) in [6, 6.07) is 0.421. The zero-order chi connectivity index (χ0) is 8.27. The Balaban J connectivity index is 2.71.